The van der Waals surface area contributed by atoms with Gasteiger partial charge in [0.2, 0.25) is 11.8 Å². The van der Waals surface area contributed by atoms with Crippen molar-refractivity contribution in [2.75, 3.05) is 19.0 Å². The van der Waals surface area contributed by atoms with E-state index in [2.05, 4.69) is 5.32 Å². The van der Waals surface area contributed by atoms with Crippen LogP contribution in [0.3, 0.4) is 0 Å². The van der Waals surface area contributed by atoms with Crippen LogP contribution in [0.4, 0.5) is 14.5 Å². The number of carbonyl (C=O) groups excluding carboxylic acids is 2. The minimum Gasteiger partial charge on any atom is -0.497 e. The van der Waals surface area contributed by atoms with Crippen LogP contribution < -0.4 is 10.1 Å². The molecule has 2 atom stereocenters. The van der Waals surface area contributed by atoms with Crippen molar-refractivity contribution in [1.82, 2.24) is 4.90 Å². The molecular formula is C26H23ClF2N2O3. The molecule has 0 bridgehead atoms. The van der Waals surface area contributed by atoms with E-state index in [0.29, 0.717) is 21.9 Å². The van der Waals surface area contributed by atoms with Gasteiger partial charge in [-0.15, -0.1) is 0 Å². The van der Waals surface area contributed by atoms with Gasteiger partial charge >= 0.3 is 0 Å². The fraction of sp³-hybridized carbons (Fsp3) is 0.231. The van der Waals surface area contributed by atoms with Crippen LogP contribution in [-0.2, 0) is 16.0 Å². The van der Waals surface area contributed by atoms with Gasteiger partial charge in [-0.05, 0) is 29.8 Å². The van der Waals surface area contributed by atoms with Crippen LogP contribution in [0.5, 0.6) is 5.75 Å². The molecular weight excluding hydrogens is 462 g/mol. The number of anilines is 1. The third-order valence-electron chi connectivity index (χ3n) is 5.78. The second-order valence-electron chi connectivity index (χ2n) is 8.06. The topological polar surface area (TPSA) is 58.6 Å². The number of ether oxygens (including phenoxy) is 1. The molecule has 4 rings (SSSR count). The van der Waals surface area contributed by atoms with Crippen LogP contribution in [-0.4, -0.2) is 42.6 Å². The summed E-state index contributed by atoms with van der Waals surface area (Å²) in [5.74, 6) is -1.10. The maximum Gasteiger partial charge on any atom is 0.247 e. The summed E-state index contributed by atoms with van der Waals surface area (Å²) in [6, 6.07) is 17.3. The van der Waals surface area contributed by atoms with Gasteiger partial charge in [-0.25, -0.2) is 8.78 Å². The zero-order valence-corrected chi connectivity index (χ0v) is 19.2. The Morgan fingerprint density at radius 3 is 2.59 bits per heavy atom. The van der Waals surface area contributed by atoms with Gasteiger partial charge in [0.25, 0.3) is 0 Å². The van der Waals surface area contributed by atoms with Crippen LogP contribution in [0.2, 0.25) is 5.02 Å². The monoisotopic (exact) mass is 484 g/mol. The van der Waals surface area contributed by atoms with Gasteiger partial charge < -0.3 is 15.0 Å². The van der Waals surface area contributed by atoms with Gasteiger partial charge in [-0.2, -0.15) is 0 Å². The maximum absolute atomic E-state index is 15.2. The highest BCUT2D eigenvalue weighted by molar-refractivity contribution is 6.33. The minimum absolute atomic E-state index is 0.00987. The molecule has 2 amide bonds. The average Bonchev–Trinajstić information content (AvgIpc) is 3.23. The minimum atomic E-state index is -1.34. The largest absolute Gasteiger partial charge is 0.497 e. The number of nitrogens with one attached hydrogen (secondary N) is 1. The summed E-state index contributed by atoms with van der Waals surface area (Å²) in [5.41, 5.74) is 1.33. The normalized spacial score (nSPS) is 17.5. The maximum atomic E-state index is 15.2. The van der Waals surface area contributed by atoms with Gasteiger partial charge in [0.15, 0.2) is 5.82 Å². The third kappa shape index (κ3) is 5.04. The smallest absolute Gasteiger partial charge is 0.247 e. The van der Waals surface area contributed by atoms with E-state index in [9.17, 15) is 14.0 Å². The molecule has 1 fully saturated rings. The number of amides is 2. The summed E-state index contributed by atoms with van der Waals surface area (Å²) in [6.45, 7) is -0.191. The average molecular weight is 485 g/mol. The Labute approximate surface area is 201 Å². The molecule has 0 spiro atoms. The van der Waals surface area contributed by atoms with Crippen molar-refractivity contribution in [3.8, 4) is 16.9 Å². The zero-order valence-electron chi connectivity index (χ0n) is 18.4. The number of alkyl halides is 1. The van der Waals surface area contributed by atoms with Gasteiger partial charge in [0.1, 0.15) is 18.0 Å². The Hall–Kier alpha value is -3.45. The lowest BCUT2D eigenvalue weighted by atomic mass is 10.0. The molecule has 0 radical (unpaired) electrons. The van der Waals surface area contributed by atoms with Crippen LogP contribution in [0.25, 0.3) is 11.1 Å². The number of hydrogen-bond donors (Lipinski definition) is 1. The molecule has 3 aromatic carbocycles. The molecule has 1 unspecified atom stereocenters. The van der Waals surface area contributed by atoms with Gasteiger partial charge in [0, 0.05) is 22.6 Å². The number of hydrogen-bond acceptors (Lipinski definition) is 3. The summed E-state index contributed by atoms with van der Waals surface area (Å²) >= 11 is 6.20. The lowest BCUT2D eigenvalue weighted by Gasteiger charge is -2.24. The van der Waals surface area contributed by atoms with Crippen molar-refractivity contribution >= 4 is 29.1 Å². The Morgan fingerprint density at radius 2 is 1.82 bits per heavy atom. The van der Waals surface area contributed by atoms with Crippen LogP contribution >= 0.6 is 11.6 Å². The highest BCUT2D eigenvalue weighted by atomic mass is 35.5. The highest BCUT2D eigenvalue weighted by Crippen LogP contribution is 2.33. The second-order valence-corrected chi connectivity index (χ2v) is 8.47. The number of methoxy groups -OCH3 is 1. The number of nitrogens with zero attached hydrogens (tertiary/aromatic N) is 1. The predicted octanol–water partition coefficient (Wildman–Crippen LogP) is 5.27. The summed E-state index contributed by atoms with van der Waals surface area (Å²) in [6.07, 6.45) is -1.50. The SMILES string of the molecule is COc1cccc(CC(=O)N2C[C@H](F)CC2C(=O)Nc2cccc(-c3ccccc3Cl)c2F)c1. The van der Waals surface area contributed by atoms with Gasteiger partial charge in [-0.3, -0.25) is 9.59 Å². The Balaban J connectivity index is 1.52. The van der Waals surface area contributed by atoms with Gasteiger partial charge in [0.05, 0.1) is 25.8 Å². The van der Waals surface area contributed by atoms with E-state index in [4.69, 9.17) is 16.3 Å². The van der Waals surface area contributed by atoms with E-state index >= 15 is 4.39 Å². The van der Waals surface area contributed by atoms with Crippen molar-refractivity contribution in [3.05, 3.63) is 83.1 Å². The van der Waals surface area contributed by atoms with Crippen molar-refractivity contribution in [2.24, 2.45) is 0 Å². The molecule has 8 heteroatoms. The van der Waals surface area contributed by atoms with E-state index in [-0.39, 0.29) is 36.5 Å². The number of halogens is 3. The molecule has 0 saturated carbocycles. The molecule has 34 heavy (non-hydrogen) atoms. The highest BCUT2D eigenvalue weighted by Gasteiger charge is 2.40. The quantitative estimate of drug-likeness (QED) is 0.518. The number of likely N-dealkylation sites (tertiary alicyclic amines) is 1. The fourth-order valence-corrected chi connectivity index (χ4v) is 4.34. The van der Waals surface area contributed by atoms with Crippen LogP contribution in [0.1, 0.15) is 12.0 Å². The molecule has 1 aliphatic rings. The van der Waals surface area contributed by atoms with E-state index < -0.39 is 23.9 Å². The Bertz CT molecular complexity index is 1220. The molecule has 1 aliphatic heterocycles. The standard InChI is InChI=1S/C26H23ClF2N2O3/c1-34-18-7-4-6-16(12-18)13-24(32)31-15-17(28)14-23(31)26(33)30-22-11-5-9-20(25(22)29)19-8-2-3-10-21(19)27/h2-12,17,23H,13-15H2,1H3,(H,30,33)/t17-,23?/m1/s1. The lowest BCUT2D eigenvalue weighted by Crippen LogP contribution is -2.44. The zero-order chi connectivity index (χ0) is 24.2. The molecule has 1 saturated heterocycles. The predicted molar refractivity (Wildman–Crippen MR) is 127 cm³/mol. The molecule has 1 N–H and O–H groups in total. The van der Waals surface area contributed by atoms with Crippen LogP contribution in [0.15, 0.2) is 66.7 Å². The second kappa shape index (κ2) is 10.2. The van der Waals surface area contributed by atoms with E-state index in [1.54, 1.807) is 60.7 Å². The molecule has 3 aromatic rings. The van der Waals surface area contributed by atoms with E-state index in [1.165, 1.54) is 18.1 Å². The first kappa shape index (κ1) is 23.7. The molecule has 1 heterocycles. The molecule has 0 aliphatic carbocycles. The van der Waals surface area contributed by atoms with E-state index in [0.717, 1.165) is 0 Å². The van der Waals surface area contributed by atoms with Gasteiger partial charge in [-0.1, -0.05) is 54.1 Å². The molecule has 5 nitrogen and oxygen atoms in total. The first-order valence-corrected chi connectivity index (χ1v) is 11.2. The Kier molecular flexibility index (Phi) is 7.12. The number of rotatable bonds is 6. The summed E-state index contributed by atoms with van der Waals surface area (Å²) in [5, 5.41) is 2.90. The summed E-state index contributed by atoms with van der Waals surface area (Å²) in [7, 11) is 1.52. The van der Waals surface area contributed by atoms with Crippen molar-refractivity contribution in [3.63, 3.8) is 0 Å². The first-order valence-electron chi connectivity index (χ1n) is 10.8. The molecule has 0 aromatic heterocycles. The van der Waals surface area contributed by atoms with Crippen molar-refractivity contribution in [1.29, 1.82) is 0 Å². The number of benzene rings is 3. The first-order chi connectivity index (χ1) is 16.4. The van der Waals surface area contributed by atoms with Crippen molar-refractivity contribution < 1.29 is 23.1 Å². The summed E-state index contributed by atoms with van der Waals surface area (Å²) in [4.78, 5) is 27.1. The third-order valence-corrected chi connectivity index (χ3v) is 6.11. The Morgan fingerprint density at radius 1 is 1.09 bits per heavy atom. The summed E-state index contributed by atoms with van der Waals surface area (Å²) < 4.78 is 34.7. The fourth-order valence-electron chi connectivity index (χ4n) is 4.10. The lowest BCUT2D eigenvalue weighted by molar-refractivity contribution is -0.136. The molecule has 176 valence electrons. The van der Waals surface area contributed by atoms with Crippen LogP contribution in [0, 0.1) is 5.82 Å². The van der Waals surface area contributed by atoms with E-state index in [1.807, 2.05) is 0 Å². The number of carbonyl (C=O) groups is 2. The van der Waals surface area contributed by atoms with Crippen molar-refractivity contribution in [2.45, 2.75) is 25.1 Å².